The number of hydrogen-bond donors (Lipinski definition) is 2. The molecule has 0 bridgehead atoms. The third-order valence-corrected chi connectivity index (χ3v) is 5.40. The van der Waals surface area contributed by atoms with Gasteiger partial charge in [0.05, 0.1) is 0 Å². The van der Waals surface area contributed by atoms with Crippen LogP contribution in [0.15, 0.2) is 83.8 Å². The van der Waals surface area contributed by atoms with Crippen molar-refractivity contribution >= 4 is 18.4 Å². The Morgan fingerprint density at radius 1 is 0.852 bits per heavy atom. The zero-order valence-electron chi connectivity index (χ0n) is 14.9. The van der Waals surface area contributed by atoms with Gasteiger partial charge in [-0.1, -0.05) is 66.7 Å². The van der Waals surface area contributed by atoms with Gasteiger partial charge in [-0.05, 0) is 52.8 Å². The third-order valence-electron chi connectivity index (χ3n) is 4.34. The first-order chi connectivity index (χ1) is 13.3. The van der Waals surface area contributed by atoms with Crippen molar-refractivity contribution in [1.82, 2.24) is 9.79 Å². The highest BCUT2D eigenvalue weighted by Gasteiger charge is 2.16. The van der Waals surface area contributed by atoms with Crippen LogP contribution in [-0.2, 0) is 17.8 Å². The van der Waals surface area contributed by atoms with Crippen molar-refractivity contribution in [2.75, 3.05) is 6.54 Å². The Hall–Kier alpha value is -2.60. The average molecular weight is 378 g/mol. The molecule has 2 N–H and O–H groups in total. The molecule has 1 amide bonds. The van der Waals surface area contributed by atoms with Crippen LogP contribution < -0.4 is 5.48 Å². The van der Waals surface area contributed by atoms with Crippen molar-refractivity contribution in [2.24, 2.45) is 0 Å². The van der Waals surface area contributed by atoms with Crippen LogP contribution >= 0.6 is 11.9 Å². The molecule has 27 heavy (non-hydrogen) atoms. The van der Waals surface area contributed by atoms with Crippen LogP contribution in [0.3, 0.4) is 0 Å². The van der Waals surface area contributed by atoms with E-state index in [-0.39, 0.29) is 6.41 Å². The fourth-order valence-corrected chi connectivity index (χ4v) is 3.98. The molecule has 0 saturated carbocycles. The first kappa shape index (κ1) is 19.2. The Labute approximate surface area is 163 Å². The molecule has 3 aromatic carbocycles. The van der Waals surface area contributed by atoms with Gasteiger partial charge in [0.25, 0.3) is 0 Å². The smallest absolute Gasteiger partial charge is 0.230 e. The summed E-state index contributed by atoms with van der Waals surface area (Å²) < 4.78 is 2.46. The zero-order chi connectivity index (χ0) is 18.9. The average Bonchev–Trinajstić information content (AvgIpc) is 2.75. The summed E-state index contributed by atoms with van der Waals surface area (Å²) >= 11 is 1.87. The molecular formula is C22H22N2O2S. The maximum Gasteiger partial charge on any atom is 0.230 e. The molecule has 0 aromatic heterocycles. The Balaban J connectivity index is 0.000000481. The Morgan fingerprint density at radius 2 is 1.44 bits per heavy atom. The van der Waals surface area contributed by atoms with E-state index < -0.39 is 0 Å². The van der Waals surface area contributed by atoms with Crippen molar-refractivity contribution in [2.45, 2.75) is 17.9 Å². The van der Waals surface area contributed by atoms with Gasteiger partial charge in [0, 0.05) is 18.0 Å². The van der Waals surface area contributed by atoms with Crippen LogP contribution in [-0.4, -0.2) is 22.5 Å². The summed E-state index contributed by atoms with van der Waals surface area (Å²) in [5.41, 5.74) is 6.77. The number of benzene rings is 3. The number of amides is 1. The van der Waals surface area contributed by atoms with E-state index in [0.717, 1.165) is 19.5 Å². The summed E-state index contributed by atoms with van der Waals surface area (Å²) in [6.07, 6.45) is 1.32. The summed E-state index contributed by atoms with van der Waals surface area (Å²) in [7, 11) is 0. The van der Waals surface area contributed by atoms with Gasteiger partial charge in [-0.3, -0.25) is 10.0 Å². The topological polar surface area (TPSA) is 52.6 Å². The van der Waals surface area contributed by atoms with Gasteiger partial charge >= 0.3 is 0 Å². The van der Waals surface area contributed by atoms with Crippen LogP contribution in [0.2, 0.25) is 0 Å². The van der Waals surface area contributed by atoms with Crippen molar-refractivity contribution in [1.29, 1.82) is 0 Å². The third kappa shape index (κ3) is 5.44. The number of nitrogens with one attached hydrogen (secondary N) is 1. The number of carbonyl (C=O) groups is 1. The first-order valence-electron chi connectivity index (χ1n) is 8.78. The SMILES string of the molecule is O=CNO.c1ccc(-c2ccc(SN3CCc4ccccc4C3)cc2)cc1. The van der Waals surface area contributed by atoms with E-state index in [1.807, 2.05) is 11.9 Å². The molecule has 4 rings (SSSR count). The van der Waals surface area contributed by atoms with Crippen LogP contribution in [0.4, 0.5) is 0 Å². The van der Waals surface area contributed by atoms with Gasteiger partial charge in [-0.15, -0.1) is 0 Å². The van der Waals surface area contributed by atoms with E-state index in [9.17, 15) is 0 Å². The van der Waals surface area contributed by atoms with Gasteiger partial charge < -0.3 is 0 Å². The lowest BCUT2D eigenvalue weighted by Gasteiger charge is -2.27. The lowest BCUT2D eigenvalue weighted by Crippen LogP contribution is -2.24. The maximum atomic E-state index is 8.81. The number of nitrogens with zero attached hydrogens (tertiary/aromatic N) is 1. The van der Waals surface area contributed by atoms with E-state index in [4.69, 9.17) is 10.0 Å². The molecule has 1 aliphatic rings. The fourth-order valence-electron chi connectivity index (χ4n) is 3.04. The molecule has 0 radical (unpaired) electrons. The molecule has 0 atom stereocenters. The molecule has 1 aliphatic heterocycles. The summed E-state index contributed by atoms with van der Waals surface area (Å²) in [5.74, 6) is 0. The normalized spacial score (nSPS) is 13.1. The van der Waals surface area contributed by atoms with Gasteiger partial charge in [-0.2, -0.15) is 0 Å². The lowest BCUT2D eigenvalue weighted by atomic mass is 10.0. The van der Waals surface area contributed by atoms with Gasteiger partial charge in [-0.25, -0.2) is 9.79 Å². The predicted molar refractivity (Wildman–Crippen MR) is 109 cm³/mol. The van der Waals surface area contributed by atoms with E-state index >= 15 is 0 Å². The number of carbonyl (C=O) groups excluding carboxylic acids is 1. The number of hydroxylamine groups is 1. The lowest BCUT2D eigenvalue weighted by molar-refractivity contribution is -0.116. The van der Waals surface area contributed by atoms with Crippen molar-refractivity contribution in [3.05, 3.63) is 90.0 Å². The molecule has 5 heteroatoms. The second kappa shape index (κ2) is 9.92. The van der Waals surface area contributed by atoms with Crippen molar-refractivity contribution < 1.29 is 10.0 Å². The molecule has 0 aliphatic carbocycles. The minimum atomic E-state index is 0.181. The van der Waals surface area contributed by atoms with E-state index in [1.165, 1.54) is 32.6 Å². The highest BCUT2D eigenvalue weighted by Crippen LogP contribution is 2.30. The molecule has 0 saturated heterocycles. The van der Waals surface area contributed by atoms with Crippen molar-refractivity contribution in [3.63, 3.8) is 0 Å². The number of fused-ring (bicyclic) bond motifs is 1. The monoisotopic (exact) mass is 378 g/mol. The maximum absolute atomic E-state index is 8.81. The summed E-state index contributed by atoms with van der Waals surface area (Å²) in [6, 6.07) is 28.2. The molecule has 3 aromatic rings. The van der Waals surface area contributed by atoms with Crippen molar-refractivity contribution in [3.8, 4) is 11.1 Å². The Bertz CT molecular complexity index is 854. The minimum Gasteiger partial charge on any atom is -0.289 e. The standard InChI is InChI=1S/C21H19NS.CH3NO2/c1-2-6-17(7-3-1)19-10-12-21(13-11-19)23-22-15-14-18-8-4-5-9-20(18)16-22;3-1-2-4/h1-13H,14-16H2;1,4H,(H,2,3). The Morgan fingerprint density at radius 3 is 2.11 bits per heavy atom. The summed E-state index contributed by atoms with van der Waals surface area (Å²) in [5, 5.41) is 7.26. The molecule has 1 heterocycles. The van der Waals surface area contributed by atoms with E-state index in [2.05, 4.69) is 83.2 Å². The van der Waals surface area contributed by atoms with Crippen LogP contribution in [0.5, 0.6) is 0 Å². The highest BCUT2D eigenvalue weighted by molar-refractivity contribution is 7.97. The molecule has 138 valence electrons. The van der Waals surface area contributed by atoms with Gasteiger partial charge in [0.1, 0.15) is 0 Å². The molecular weight excluding hydrogens is 356 g/mol. The first-order valence-corrected chi connectivity index (χ1v) is 9.56. The van der Waals surface area contributed by atoms with Crippen LogP contribution in [0.25, 0.3) is 11.1 Å². The van der Waals surface area contributed by atoms with Gasteiger partial charge in [0.15, 0.2) is 0 Å². The number of rotatable bonds is 4. The number of hydrogen-bond acceptors (Lipinski definition) is 4. The van der Waals surface area contributed by atoms with Crippen LogP contribution in [0.1, 0.15) is 11.1 Å². The summed E-state index contributed by atoms with van der Waals surface area (Å²) in [6.45, 7) is 2.14. The van der Waals surface area contributed by atoms with E-state index in [1.54, 1.807) is 0 Å². The molecule has 0 spiro atoms. The van der Waals surface area contributed by atoms with Gasteiger partial charge in [0.2, 0.25) is 6.41 Å². The molecule has 4 nitrogen and oxygen atoms in total. The highest BCUT2D eigenvalue weighted by atomic mass is 32.2. The van der Waals surface area contributed by atoms with E-state index in [0.29, 0.717) is 0 Å². The fraction of sp³-hybridized carbons (Fsp3) is 0.136. The Kier molecular flexibility index (Phi) is 7.04. The quantitative estimate of drug-likeness (QED) is 0.303. The van der Waals surface area contributed by atoms with Crippen LogP contribution in [0, 0.1) is 0 Å². The largest absolute Gasteiger partial charge is 0.289 e. The molecule has 0 unspecified atom stereocenters. The zero-order valence-corrected chi connectivity index (χ0v) is 15.7. The predicted octanol–water partition coefficient (Wildman–Crippen LogP) is 4.54. The second-order valence-electron chi connectivity index (χ2n) is 6.11. The summed E-state index contributed by atoms with van der Waals surface area (Å²) in [4.78, 5) is 10.1. The minimum absolute atomic E-state index is 0.181. The molecule has 0 fully saturated rings. The second-order valence-corrected chi connectivity index (χ2v) is 7.28.